The highest BCUT2D eigenvalue weighted by Crippen LogP contribution is 2.23. The largest absolute Gasteiger partial charge is 0.444 e. The minimum absolute atomic E-state index is 0.305. The molecule has 1 saturated heterocycles. The Kier molecular flexibility index (Phi) is 4.99. The van der Waals surface area contributed by atoms with Crippen molar-refractivity contribution in [2.75, 3.05) is 26.3 Å². The average Bonchev–Trinajstić information content (AvgIpc) is 2.25. The predicted octanol–water partition coefficient (Wildman–Crippen LogP) is 1.78. The highest BCUT2D eigenvalue weighted by atomic mass is 16.6. The van der Waals surface area contributed by atoms with Crippen molar-refractivity contribution in [2.24, 2.45) is 0 Å². The van der Waals surface area contributed by atoms with Gasteiger partial charge in [0.25, 0.3) is 0 Å². The van der Waals surface area contributed by atoms with Crippen molar-refractivity contribution in [3.8, 4) is 0 Å². The fourth-order valence-corrected chi connectivity index (χ4v) is 1.87. The molecule has 1 heterocycles. The van der Waals surface area contributed by atoms with E-state index in [0.29, 0.717) is 39.1 Å². The number of rotatable bonds is 3. The number of ether oxygens (including phenoxy) is 2. The Morgan fingerprint density at radius 1 is 1.33 bits per heavy atom. The van der Waals surface area contributed by atoms with Crippen molar-refractivity contribution in [3.05, 3.63) is 0 Å². The summed E-state index contributed by atoms with van der Waals surface area (Å²) in [5.41, 5.74) is -1.27. The molecule has 0 radical (unpaired) electrons. The van der Waals surface area contributed by atoms with Gasteiger partial charge in [0.15, 0.2) is 0 Å². The van der Waals surface area contributed by atoms with Crippen molar-refractivity contribution < 1.29 is 19.4 Å². The van der Waals surface area contributed by atoms with Crippen LogP contribution in [0, 0.1) is 0 Å². The van der Waals surface area contributed by atoms with Crippen LogP contribution in [0.25, 0.3) is 0 Å². The molecule has 0 aromatic carbocycles. The second-order valence-corrected chi connectivity index (χ2v) is 5.83. The summed E-state index contributed by atoms with van der Waals surface area (Å²) in [5.74, 6) is 0. The van der Waals surface area contributed by atoms with E-state index in [1.54, 1.807) is 4.90 Å². The molecule has 1 aliphatic rings. The van der Waals surface area contributed by atoms with Gasteiger partial charge in [0, 0.05) is 19.7 Å². The van der Waals surface area contributed by atoms with Gasteiger partial charge in [-0.05, 0) is 40.5 Å². The first-order valence-electron chi connectivity index (χ1n) is 6.54. The lowest BCUT2D eigenvalue weighted by Gasteiger charge is -2.38. The fourth-order valence-electron chi connectivity index (χ4n) is 1.87. The van der Waals surface area contributed by atoms with E-state index in [2.05, 4.69) is 0 Å². The molecule has 18 heavy (non-hydrogen) atoms. The quantitative estimate of drug-likeness (QED) is 0.839. The summed E-state index contributed by atoms with van der Waals surface area (Å²) in [6.07, 6.45) is 0.763. The maximum Gasteiger partial charge on any atom is 0.410 e. The Morgan fingerprint density at radius 2 is 1.89 bits per heavy atom. The van der Waals surface area contributed by atoms with E-state index in [-0.39, 0.29) is 6.09 Å². The van der Waals surface area contributed by atoms with Crippen molar-refractivity contribution in [1.29, 1.82) is 0 Å². The van der Waals surface area contributed by atoms with Crippen LogP contribution < -0.4 is 0 Å². The van der Waals surface area contributed by atoms with E-state index < -0.39 is 11.2 Å². The van der Waals surface area contributed by atoms with Crippen LogP contribution in [-0.2, 0) is 9.47 Å². The van der Waals surface area contributed by atoms with E-state index in [0.717, 1.165) is 0 Å². The Bertz CT molecular complexity index is 277. The van der Waals surface area contributed by atoms with Crippen LogP contribution >= 0.6 is 0 Å². The van der Waals surface area contributed by atoms with Crippen LogP contribution in [0.4, 0.5) is 4.79 Å². The third kappa shape index (κ3) is 4.82. The van der Waals surface area contributed by atoms with Gasteiger partial charge < -0.3 is 19.5 Å². The highest BCUT2D eigenvalue weighted by molar-refractivity contribution is 5.68. The van der Waals surface area contributed by atoms with Gasteiger partial charge in [-0.25, -0.2) is 4.79 Å². The Labute approximate surface area is 109 Å². The van der Waals surface area contributed by atoms with Gasteiger partial charge in [-0.3, -0.25) is 0 Å². The van der Waals surface area contributed by atoms with E-state index in [1.165, 1.54) is 0 Å². The third-order valence-corrected chi connectivity index (χ3v) is 2.92. The summed E-state index contributed by atoms with van der Waals surface area (Å²) < 4.78 is 10.6. The lowest BCUT2D eigenvalue weighted by Crippen LogP contribution is -2.50. The molecular weight excluding hydrogens is 234 g/mol. The van der Waals surface area contributed by atoms with Gasteiger partial charge in [-0.15, -0.1) is 0 Å². The van der Waals surface area contributed by atoms with Crippen LogP contribution in [0.3, 0.4) is 0 Å². The lowest BCUT2D eigenvalue weighted by molar-refractivity contribution is -0.0802. The van der Waals surface area contributed by atoms with Gasteiger partial charge >= 0.3 is 6.09 Å². The maximum atomic E-state index is 11.8. The molecule has 0 aromatic rings. The number of aliphatic hydroxyl groups is 1. The lowest BCUT2D eigenvalue weighted by atomic mass is 9.92. The highest BCUT2D eigenvalue weighted by Gasteiger charge is 2.35. The normalized spacial score (nSPS) is 19.7. The van der Waals surface area contributed by atoms with Gasteiger partial charge in [-0.1, -0.05) is 0 Å². The van der Waals surface area contributed by atoms with Gasteiger partial charge in [0.05, 0.1) is 12.2 Å². The summed E-state index contributed by atoms with van der Waals surface area (Å²) >= 11 is 0. The van der Waals surface area contributed by atoms with Crippen LogP contribution in [0.2, 0.25) is 0 Å². The van der Waals surface area contributed by atoms with Gasteiger partial charge in [0.2, 0.25) is 0 Å². The van der Waals surface area contributed by atoms with Crippen molar-refractivity contribution >= 4 is 6.09 Å². The minimum Gasteiger partial charge on any atom is -0.444 e. The molecule has 1 aliphatic heterocycles. The molecule has 0 aromatic heterocycles. The SMILES string of the molecule is CCOCC1(O)CCN(C(=O)OC(C)(C)C)CC1. The Balaban J connectivity index is 2.41. The fraction of sp³-hybridized carbons (Fsp3) is 0.923. The molecule has 5 heteroatoms. The molecule has 0 bridgehead atoms. The summed E-state index contributed by atoms with van der Waals surface area (Å²) in [6, 6.07) is 0. The van der Waals surface area contributed by atoms with E-state index in [4.69, 9.17) is 9.47 Å². The number of hydrogen-bond acceptors (Lipinski definition) is 4. The second kappa shape index (κ2) is 5.89. The number of carbonyl (C=O) groups excluding carboxylic acids is 1. The van der Waals surface area contributed by atoms with Crippen LogP contribution in [0.1, 0.15) is 40.5 Å². The number of amides is 1. The minimum atomic E-state index is -0.797. The average molecular weight is 259 g/mol. The number of piperidine rings is 1. The second-order valence-electron chi connectivity index (χ2n) is 5.83. The summed E-state index contributed by atoms with van der Waals surface area (Å²) in [4.78, 5) is 13.5. The first-order valence-corrected chi connectivity index (χ1v) is 6.54. The van der Waals surface area contributed by atoms with Gasteiger partial charge in [0.1, 0.15) is 5.60 Å². The number of likely N-dealkylation sites (tertiary alicyclic amines) is 1. The first-order chi connectivity index (χ1) is 8.26. The standard InChI is InChI=1S/C13H25NO4/c1-5-17-10-13(16)6-8-14(9-7-13)11(15)18-12(2,3)4/h16H,5-10H2,1-4H3. The molecule has 1 amide bonds. The summed E-state index contributed by atoms with van der Waals surface area (Å²) in [7, 11) is 0. The summed E-state index contributed by atoms with van der Waals surface area (Å²) in [6.45, 7) is 9.40. The molecule has 0 atom stereocenters. The number of hydrogen-bond donors (Lipinski definition) is 1. The van der Waals surface area contributed by atoms with E-state index in [1.807, 2.05) is 27.7 Å². The molecule has 1 N–H and O–H groups in total. The van der Waals surface area contributed by atoms with Crippen molar-refractivity contribution in [1.82, 2.24) is 4.90 Å². The number of nitrogens with zero attached hydrogens (tertiary/aromatic N) is 1. The number of carbonyl (C=O) groups is 1. The van der Waals surface area contributed by atoms with Crippen molar-refractivity contribution in [3.63, 3.8) is 0 Å². The molecule has 0 unspecified atom stereocenters. The Hall–Kier alpha value is -0.810. The zero-order valence-corrected chi connectivity index (χ0v) is 11.9. The van der Waals surface area contributed by atoms with Crippen LogP contribution in [-0.4, -0.2) is 53.6 Å². The Morgan fingerprint density at radius 3 is 2.33 bits per heavy atom. The van der Waals surface area contributed by atoms with E-state index in [9.17, 15) is 9.90 Å². The predicted molar refractivity (Wildman–Crippen MR) is 68.5 cm³/mol. The molecule has 0 saturated carbocycles. The molecule has 0 spiro atoms. The topological polar surface area (TPSA) is 59.0 Å². The first kappa shape index (κ1) is 15.2. The molecular formula is C13H25NO4. The van der Waals surface area contributed by atoms with Gasteiger partial charge in [-0.2, -0.15) is 0 Å². The summed E-state index contributed by atoms with van der Waals surface area (Å²) in [5, 5.41) is 10.2. The van der Waals surface area contributed by atoms with Crippen molar-refractivity contribution in [2.45, 2.75) is 51.7 Å². The zero-order valence-electron chi connectivity index (χ0n) is 11.9. The molecule has 1 fully saturated rings. The smallest absolute Gasteiger partial charge is 0.410 e. The molecule has 106 valence electrons. The van der Waals surface area contributed by atoms with Crippen LogP contribution in [0.5, 0.6) is 0 Å². The molecule has 5 nitrogen and oxygen atoms in total. The van der Waals surface area contributed by atoms with E-state index >= 15 is 0 Å². The maximum absolute atomic E-state index is 11.8. The zero-order chi connectivity index (χ0) is 13.8. The monoisotopic (exact) mass is 259 g/mol. The van der Waals surface area contributed by atoms with Crippen LogP contribution in [0.15, 0.2) is 0 Å². The third-order valence-electron chi connectivity index (χ3n) is 2.92. The molecule has 1 rings (SSSR count). The molecule has 0 aliphatic carbocycles.